The van der Waals surface area contributed by atoms with Crippen LogP contribution in [0.1, 0.15) is 19.4 Å². The zero-order valence-corrected chi connectivity index (χ0v) is 13.6. The lowest BCUT2D eigenvalue weighted by Crippen LogP contribution is -2.12. The van der Waals surface area contributed by atoms with Crippen LogP contribution in [-0.2, 0) is 16.5 Å². The molecular weight excluding hydrogens is 316 g/mol. The maximum atomic E-state index is 12.8. The Hall–Kier alpha value is -2.18. The van der Waals surface area contributed by atoms with Gasteiger partial charge < -0.3 is 4.42 Å². The van der Waals surface area contributed by atoms with Gasteiger partial charge in [-0.25, -0.2) is 0 Å². The van der Waals surface area contributed by atoms with Crippen LogP contribution in [0.15, 0.2) is 50.5 Å². The average molecular weight is 332 g/mol. The molecule has 6 heteroatoms. The van der Waals surface area contributed by atoms with E-state index in [4.69, 9.17) is 4.42 Å². The summed E-state index contributed by atoms with van der Waals surface area (Å²) in [6.45, 7) is 3.86. The average Bonchev–Trinajstić information content (AvgIpc) is 2.46. The number of fused-ring (bicyclic) bond motifs is 2. The molecule has 1 aromatic heterocycles. The predicted octanol–water partition coefficient (Wildman–Crippen LogP) is 3.39. The Bertz CT molecular complexity index is 1060. The number of hydrogen-bond donors (Lipinski definition) is 1. The summed E-state index contributed by atoms with van der Waals surface area (Å²) < 4.78 is 39.1. The summed E-state index contributed by atoms with van der Waals surface area (Å²) in [5, 5.41) is 0.191. The molecule has 0 aliphatic rings. The van der Waals surface area contributed by atoms with Gasteiger partial charge in [-0.1, -0.05) is 32.0 Å². The summed E-state index contributed by atoms with van der Waals surface area (Å²) >= 11 is 0. The van der Waals surface area contributed by atoms with Crippen molar-refractivity contribution in [2.45, 2.75) is 25.2 Å². The Morgan fingerprint density at radius 1 is 1.09 bits per heavy atom. The molecule has 1 N–H and O–H groups in total. The van der Waals surface area contributed by atoms with E-state index in [1.807, 2.05) is 13.8 Å². The van der Waals surface area contributed by atoms with Crippen LogP contribution in [0.5, 0.6) is 0 Å². The minimum atomic E-state index is -4.56. The highest BCUT2D eigenvalue weighted by atomic mass is 32.2. The van der Waals surface area contributed by atoms with Crippen molar-refractivity contribution in [3.8, 4) is 0 Å². The van der Waals surface area contributed by atoms with E-state index in [-0.39, 0.29) is 27.2 Å². The maximum absolute atomic E-state index is 12.8. The molecule has 0 fully saturated rings. The molecule has 23 heavy (non-hydrogen) atoms. The van der Waals surface area contributed by atoms with Crippen molar-refractivity contribution in [1.29, 1.82) is 0 Å². The monoisotopic (exact) mass is 332 g/mol. The van der Waals surface area contributed by atoms with Crippen molar-refractivity contribution in [2.75, 3.05) is 0 Å². The van der Waals surface area contributed by atoms with Crippen LogP contribution in [0.25, 0.3) is 21.9 Å². The van der Waals surface area contributed by atoms with Crippen molar-refractivity contribution < 1.29 is 17.4 Å². The fourth-order valence-corrected chi connectivity index (χ4v) is 3.73. The van der Waals surface area contributed by atoms with Crippen molar-refractivity contribution in [3.63, 3.8) is 0 Å². The highest BCUT2D eigenvalue weighted by molar-refractivity contribution is 7.86. The van der Waals surface area contributed by atoms with Crippen LogP contribution in [0.3, 0.4) is 0 Å². The van der Waals surface area contributed by atoms with Gasteiger partial charge in [0.25, 0.3) is 10.1 Å². The van der Waals surface area contributed by atoms with Crippen LogP contribution in [-0.4, -0.2) is 13.0 Å². The second kappa shape index (κ2) is 5.47. The molecule has 0 atom stereocenters. The molecule has 0 aliphatic carbocycles. The largest absolute Gasteiger partial charge is 0.456 e. The summed E-state index contributed by atoms with van der Waals surface area (Å²) in [6, 6.07) is 9.79. The fraction of sp³-hybridized carbons (Fsp3) is 0.235. The third kappa shape index (κ3) is 2.75. The van der Waals surface area contributed by atoms with Crippen molar-refractivity contribution in [3.05, 3.63) is 52.2 Å². The van der Waals surface area contributed by atoms with Gasteiger partial charge in [0.15, 0.2) is 0 Å². The van der Waals surface area contributed by atoms with Gasteiger partial charge in [-0.3, -0.25) is 9.35 Å². The Labute approximate surface area is 133 Å². The topological polar surface area (TPSA) is 84.6 Å². The first-order chi connectivity index (χ1) is 10.8. The predicted molar refractivity (Wildman–Crippen MR) is 88.3 cm³/mol. The molecule has 0 amide bonds. The SMILES string of the molecule is CC(C)Cc1ccc2oc3ccccc3c(=O)c2c1S(=O)(=O)O. The lowest BCUT2D eigenvalue weighted by Gasteiger charge is -2.12. The number of benzene rings is 2. The maximum Gasteiger partial charge on any atom is 0.295 e. The van der Waals surface area contributed by atoms with Gasteiger partial charge in [0.2, 0.25) is 5.43 Å². The quantitative estimate of drug-likeness (QED) is 0.587. The van der Waals surface area contributed by atoms with E-state index in [1.54, 1.807) is 36.4 Å². The normalized spacial score (nSPS) is 12.3. The summed E-state index contributed by atoms with van der Waals surface area (Å²) in [5.74, 6) is 0.167. The fourth-order valence-electron chi connectivity index (χ4n) is 2.80. The van der Waals surface area contributed by atoms with Gasteiger partial charge in [-0.2, -0.15) is 8.42 Å². The zero-order chi connectivity index (χ0) is 16.8. The molecule has 3 aromatic rings. The molecule has 0 aliphatic heterocycles. The highest BCUT2D eigenvalue weighted by Crippen LogP contribution is 2.28. The Morgan fingerprint density at radius 2 is 1.78 bits per heavy atom. The van der Waals surface area contributed by atoms with Gasteiger partial charge in [0, 0.05) is 0 Å². The van der Waals surface area contributed by atoms with Gasteiger partial charge in [0.1, 0.15) is 16.1 Å². The van der Waals surface area contributed by atoms with Crippen molar-refractivity contribution >= 4 is 32.1 Å². The Morgan fingerprint density at radius 3 is 2.43 bits per heavy atom. The first-order valence-electron chi connectivity index (χ1n) is 7.24. The molecule has 120 valence electrons. The molecule has 0 bridgehead atoms. The minimum absolute atomic E-state index is 0.0932. The molecule has 0 unspecified atom stereocenters. The van der Waals surface area contributed by atoms with Crippen molar-refractivity contribution in [1.82, 2.24) is 0 Å². The number of hydrogen-bond acceptors (Lipinski definition) is 4. The lowest BCUT2D eigenvalue weighted by atomic mass is 10.0. The van der Waals surface area contributed by atoms with E-state index >= 15 is 0 Å². The number of para-hydroxylation sites is 1. The first kappa shape index (κ1) is 15.7. The molecule has 1 heterocycles. The molecular formula is C17H16O5S. The lowest BCUT2D eigenvalue weighted by molar-refractivity contribution is 0.482. The van der Waals surface area contributed by atoms with E-state index in [9.17, 15) is 17.8 Å². The third-order valence-corrected chi connectivity index (χ3v) is 4.65. The smallest absolute Gasteiger partial charge is 0.295 e. The van der Waals surface area contributed by atoms with Crippen LogP contribution in [0, 0.1) is 5.92 Å². The van der Waals surface area contributed by atoms with Crippen LogP contribution in [0.4, 0.5) is 0 Å². The molecule has 2 aromatic carbocycles. The van der Waals surface area contributed by atoms with E-state index in [2.05, 4.69) is 0 Å². The van der Waals surface area contributed by atoms with Crippen LogP contribution >= 0.6 is 0 Å². The molecule has 3 rings (SSSR count). The molecule has 0 spiro atoms. The van der Waals surface area contributed by atoms with Crippen LogP contribution < -0.4 is 5.43 Å². The van der Waals surface area contributed by atoms with Gasteiger partial charge in [-0.15, -0.1) is 0 Å². The van der Waals surface area contributed by atoms with Crippen molar-refractivity contribution in [2.24, 2.45) is 5.92 Å². The van der Waals surface area contributed by atoms with Gasteiger partial charge in [0.05, 0.1) is 10.8 Å². The van der Waals surface area contributed by atoms with E-state index in [0.29, 0.717) is 17.6 Å². The minimum Gasteiger partial charge on any atom is -0.456 e. The summed E-state index contributed by atoms with van der Waals surface area (Å²) in [4.78, 5) is 12.4. The van der Waals surface area contributed by atoms with Gasteiger partial charge >= 0.3 is 0 Å². The molecule has 0 radical (unpaired) electrons. The van der Waals surface area contributed by atoms with E-state index < -0.39 is 15.5 Å². The zero-order valence-electron chi connectivity index (χ0n) is 12.7. The van der Waals surface area contributed by atoms with E-state index in [0.717, 1.165) is 0 Å². The second-order valence-electron chi connectivity index (χ2n) is 5.93. The second-order valence-corrected chi connectivity index (χ2v) is 7.29. The molecule has 0 saturated heterocycles. The molecule has 0 saturated carbocycles. The first-order valence-corrected chi connectivity index (χ1v) is 8.68. The summed E-state index contributed by atoms with van der Waals surface area (Å²) in [5.41, 5.74) is 0.481. The standard InChI is InChI=1S/C17H16O5S/c1-10(2)9-11-7-8-14-15(17(11)23(19,20)21)16(18)12-5-3-4-6-13(12)22-14/h3-8,10H,9H2,1-2H3,(H,19,20,21). The number of rotatable bonds is 3. The molecule has 5 nitrogen and oxygen atoms in total. The summed E-state index contributed by atoms with van der Waals surface area (Å²) in [6.07, 6.45) is 0.428. The Kier molecular flexibility index (Phi) is 3.74. The van der Waals surface area contributed by atoms with Crippen LogP contribution in [0.2, 0.25) is 0 Å². The van der Waals surface area contributed by atoms with Gasteiger partial charge in [-0.05, 0) is 36.1 Å². The summed E-state index contributed by atoms with van der Waals surface area (Å²) in [7, 11) is -4.56. The third-order valence-electron chi connectivity index (χ3n) is 3.67. The highest BCUT2D eigenvalue weighted by Gasteiger charge is 2.24. The Balaban J connectivity index is 2.54. The van der Waals surface area contributed by atoms with E-state index in [1.165, 1.54) is 0 Å².